The zero-order chi connectivity index (χ0) is 18.4. The van der Waals surface area contributed by atoms with Gasteiger partial charge in [0.2, 0.25) is 0 Å². The Morgan fingerprint density at radius 3 is 2.36 bits per heavy atom. The number of amides is 1. The van der Waals surface area contributed by atoms with Crippen LogP contribution in [0.15, 0.2) is 18.2 Å². The molecular formula is C20H29NO4. The minimum atomic E-state index is -0.338. The highest BCUT2D eigenvalue weighted by atomic mass is 16.5. The van der Waals surface area contributed by atoms with Gasteiger partial charge in [0, 0.05) is 12.6 Å². The van der Waals surface area contributed by atoms with Gasteiger partial charge in [0.05, 0.1) is 13.0 Å². The lowest BCUT2D eigenvalue weighted by Gasteiger charge is -2.31. The van der Waals surface area contributed by atoms with Crippen molar-refractivity contribution in [3.8, 4) is 5.75 Å². The number of para-hydroxylation sites is 1. The molecule has 5 heteroatoms. The van der Waals surface area contributed by atoms with E-state index in [1.54, 1.807) is 6.92 Å². The third kappa shape index (κ3) is 4.97. The number of aryl methyl sites for hydroxylation is 2. The van der Waals surface area contributed by atoms with Crippen molar-refractivity contribution in [3.05, 3.63) is 29.3 Å². The van der Waals surface area contributed by atoms with Crippen molar-refractivity contribution >= 4 is 11.9 Å². The quantitative estimate of drug-likeness (QED) is 0.711. The second-order valence-corrected chi connectivity index (χ2v) is 6.92. The number of carbonyl (C=O) groups is 2. The fraction of sp³-hybridized carbons (Fsp3) is 0.600. The van der Waals surface area contributed by atoms with E-state index in [2.05, 4.69) is 0 Å². The zero-order valence-corrected chi connectivity index (χ0v) is 15.7. The number of nitrogens with zero attached hydrogens (tertiary/aromatic N) is 1. The highest BCUT2D eigenvalue weighted by Gasteiger charge is 2.30. The van der Waals surface area contributed by atoms with Gasteiger partial charge < -0.3 is 14.4 Å². The van der Waals surface area contributed by atoms with E-state index in [1.165, 1.54) is 7.11 Å². The molecule has 0 N–H and O–H groups in total. The summed E-state index contributed by atoms with van der Waals surface area (Å²) >= 11 is 0. The van der Waals surface area contributed by atoms with E-state index in [0.717, 1.165) is 42.6 Å². The number of esters is 1. The van der Waals surface area contributed by atoms with E-state index in [9.17, 15) is 9.59 Å². The largest absolute Gasteiger partial charge is 0.483 e. The van der Waals surface area contributed by atoms with Crippen molar-refractivity contribution in [2.24, 2.45) is 5.92 Å². The van der Waals surface area contributed by atoms with Crippen LogP contribution in [0.5, 0.6) is 5.75 Å². The van der Waals surface area contributed by atoms with Crippen molar-refractivity contribution in [2.45, 2.75) is 52.5 Å². The van der Waals surface area contributed by atoms with Gasteiger partial charge in [-0.2, -0.15) is 0 Å². The van der Waals surface area contributed by atoms with Crippen molar-refractivity contribution in [1.82, 2.24) is 4.90 Å². The van der Waals surface area contributed by atoms with Gasteiger partial charge in [-0.3, -0.25) is 9.59 Å². The number of hydrogen-bond donors (Lipinski definition) is 0. The van der Waals surface area contributed by atoms with Gasteiger partial charge in [0.15, 0.2) is 6.61 Å². The van der Waals surface area contributed by atoms with Crippen LogP contribution >= 0.6 is 0 Å². The van der Waals surface area contributed by atoms with Crippen LogP contribution in [0, 0.1) is 19.8 Å². The third-order valence-electron chi connectivity index (χ3n) is 4.91. The fourth-order valence-electron chi connectivity index (χ4n) is 3.48. The van der Waals surface area contributed by atoms with Gasteiger partial charge in [-0.15, -0.1) is 0 Å². The lowest BCUT2D eigenvalue weighted by atomic mass is 10.1. The summed E-state index contributed by atoms with van der Waals surface area (Å²) in [6.07, 6.45) is 4.23. The van der Waals surface area contributed by atoms with Gasteiger partial charge in [-0.1, -0.05) is 38.0 Å². The van der Waals surface area contributed by atoms with Gasteiger partial charge >= 0.3 is 5.97 Å². The van der Waals surface area contributed by atoms with E-state index in [4.69, 9.17) is 9.47 Å². The summed E-state index contributed by atoms with van der Waals surface area (Å²) in [6, 6.07) is 6.12. The number of carbonyl (C=O) groups excluding carboxylic acids is 2. The van der Waals surface area contributed by atoms with E-state index >= 15 is 0 Å². The van der Waals surface area contributed by atoms with Crippen LogP contribution < -0.4 is 4.74 Å². The molecule has 25 heavy (non-hydrogen) atoms. The molecule has 1 aliphatic rings. The SMILES string of the molecule is COC(=O)C(C)CN(C(=O)COc1c(C)cccc1C)C1CCCC1. The molecule has 1 aromatic rings. The Balaban J connectivity index is 2.05. The highest BCUT2D eigenvalue weighted by molar-refractivity contribution is 5.79. The molecule has 1 aliphatic carbocycles. The summed E-state index contributed by atoms with van der Waals surface area (Å²) in [5.74, 6) is 0.0785. The normalized spacial score (nSPS) is 15.7. The number of benzene rings is 1. The maximum absolute atomic E-state index is 12.8. The maximum Gasteiger partial charge on any atom is 0.310 e. The molecule has 0 saturated heterocycles. The Hall–Kier alpha value is -2.04. The Morgan fingerprint density at radius 2 is 1.80 bits per heavy atom. The van der Waals surface area contributed by atoms with E-state index < -0.39 is 0 Å². The van der Waals surface area contributed by atoms with Gasteiger partial charge in [0.1, 0.15) is 5.75 Å². The zero-order valence-electron chi connectivity index (χ0n) is 15.7. The predicted octanol–water partition coefficient (Wildman–Crippen LogP) is 3.26. The number of hydrogen-bond acceptors (Lipinski definition) is 4. The maximum atomic E-state index is 12.8. The van der Waals surface area contributed by atoms with Crippen LogP contribution in [-0.2, 0) is 14.3 Å². The molecule has 1 unspecified atom stereocenters. The number of methoxy groups -OCH3 is 1. The van der Waals surface area contributed by atoms with Crippen LogP contribution in [0.4, 0.5) is 0 Å². The van der Waals surface area contributed by atoms with Crippen molar-refractivity contribution in [2.75, 3.05) is 20.3 Å². The van der Waals surface area contributed by atoms with Gasteiger partial charge in [-0.25, -0.2) is 0 Å². The molecule has 0 radical (unpaired) electrons. The van der Waals surface area contributed by atoms with Gasteiger partial charge in [0.25, 0.3) is 5.91 Å². The second kappa shape index (κ2) is 8.88. The van der Waals surface area contributed by atoms with Crippen molar-refractivity contribution < 1.29 is 19.1 Å². The van der Waals surface area contributed by atoms with E-state index in [-0.39, 0.29) is 30.4 Å². The minimum Gasteiger partial charge on any atom is -0.483 e. The second-order valence-electron chi connectivity index (χ2n) is 6.92. The first-order valence-corrected chi connectivity index (χ1v) is 9.00. The Morgan fingerprint density at radius 1 is 1.20 bits per heavy atom. The summed E-state index contributed by atoms with van der Waals surface area (Å²) in [5.41, 5.74) is 2.03. The smallest absolute Gasteiger partial charge is 0.310 e. The van der Waals surface area contributed by atoms with Crippen molar-refractivity contribution in [3.63, 3.8) is 0 Å². The van der Waals surface area contributed by atoms with Gasteiger partial charge in [-0.05, 0) is 37.8 Å². The molecule has 0 heterocycles. The Bertz CT molecular complexity index is 587. The fourth-order valence-corrected chi connectivity index (χ4v) is 3.48. The van der Waals surface area contributed by atoms with Crippen LogP contribution in [0.3, 0.4) is 0 Å². The molecule has 1 amide bonds. The topological polar surface area (TPSA) is 55.8 Å². The number of ether oxygens (including phenoxy) is 2. The Kier molecular flexibility index (Phi) is 6.85. The highest BCUT2D eigenvalue weighted by Crippen LogP contribution is 2.26. The summed E-state index contributed by atoms with van der Waals surface area (Å²) in [4.78, 5) is 26.4. The van der Waals surface area contributed by atoms with Crippen LogP contribution in [-0.4, -0.2) is 43.1 Å². The molecular weight excluding hydrogens is 318 g/mol. The standard InChI is InChI=1S/C20H29NO4/c1-14-8-7-9-15(2)19(14)25-13-18(22)21(17-10-5-6-11-17)12-16(3)20(23)24-4/h7-9,16-17H,5-6,10-13H2,1-4H3. The Labute approximate surface area is 150 Å². The first-order chi connectivity index (χ1) is 11.9. The first kappa shape index (κ1) is 19.3. The lowest BCUT2D eigenvalue weighted by molar-refractivity contribution is -0.147. The van der Waals surface area contributed by atoms with Crippen molar-refractivity contribution in [1.29, 1.82) is 0 Å². The minimum absolute atomic E-state index is 0.00388. The molecule has 1 aromatic carbocycles. The summed E-state index contributed by atoms with van der Waals surface area (Å²) in [5, 5.41) is 0. The third-order valence-corrected chi connectivity index (χ3v) is 4.91. The molecule has 0 aromatic heterocycles. The predicted molar refractivity (Wildman–Crippen MR) is 96.6 cm³/mol. The lowest BCUT2D eigenvalue weighted by Crippen LogP contribution is -2.45. The molecule has 1 atom stereocenters. The van der Waals surface area contributed by atoms with Crippen LogP contribution in [0.2, 0.25) is 0 Å². The molecule has 0 bridgehead atoms. The van der Waals surface area contributed by atoms with Crippen LogP contribution in [0.1, 0.15) is 43.7 Å². The molecule has 138 valence electrons. The van der Waals surface area contributed by atoms with E-state index in [0.29, 0.717) is 6.54 Å². The molecule has 2 rings (SSSR count). The van der Waals surface area contributed by atoms with E-state index in [1.807, 2.05) is 36.9 Å². The summed E-state index contributed by atoms with van der Waals surface area (Å²) < 4.78 is 10.6. The first-order valence-electron chi connectivity index (χ1n) is 9.00. The number of rotatable bonds is 7. The molecule has 1 saturated carbocycles. The van der Waals surface area contributed by atoms with Crippen LogP contribution in [0.25, 0.3) is 0 Å². The monoisotopic (exact) mass is 347 g/mol. The molecule has 0 aliphatic heterocycles. The summed E-state index contributed by atoms with van der Waals surface area (Å²) in [7, 11) is 1.38. The average molecular weight is 347 g/mol. The summed E-state index contributed by atoms with van der Waals surface area (Å²) in [6.45, 7) is 6.12. The molecule has 0 spiro atoms. The molecule has 5 nitrogen and oxygen atoms in total. The molecule has 1 fully saturated rings. The average Bonchev–Trinajstić information content (AvgIpc) is 3.12.